The van der Waals surface area contributed by atoms with Gasteiger partial charge >= 0.3 is 0 Å². The molecule has 1 aliphatic rings. The molecule has 17 heavy (non-hydrogen) atoms. The first kappa shape index (κ1) is 11.9. The molecule has 2 rings (SSSR count). The summed E-state index contributed by atoms with van der Waals surface area (Å²) in [6.07, 6.45) is 1.83. The minimum atomic E-state index is -0.0603. The Balaban J connectivity index is 2.32. The van der Waals surface area contributed by atoms with E-state index in [-0.39, 0.29) is 23.9 Å². The first-order valence-corrected chi connectivity index (χ1v) is 5.82. The van der Waals surface area contributed by atoms with E-state index in [0.717, 1.165) is 30.8 Å². The number of amides is 1. The van der Waals surface area contributed by atoms with Crippen LogP contribution in [0.1, 0.15) is 30.3 Å². The number of hydrogen-bond acceptors (Lipinski definition) is 3. The van der Waals surface area contributed by atoms with Crippen LogP contribution < -0.4 is 11.2 Å². The van der Waals surface area contributed by atoms with Crippen LogP contribution in [-0.4, -0.2) is 28.9 Å². The quantitative estimate of drug-likeness (QED) is 0.774. The lowest BCUT2D eigenvalue weighted by Crippen LogP contribution is -2.36. The summed E-state index contributed by atoms with van der Waals surface area (Å²) in [4.78, 5) is 28.1. The van der Waals surface area contributed by atoms with Crippen molar-refractivity contribution in [3.8, 4) is 0 Å². The SMILES string of the molecule is Cc1cc(=O)cc([C@@H]2CCCN2C(=O)CN)[nH]1. The zero-order chi connectivity index (χ0) is 12.4. The second-order valence-electron chi connectivity index (χ2n) is 4.40. The first-order chi connectivity index (χ1) is 8.11. The van der Waals surface area contributed by atoms with Gasteiger partial charge in [0.05, 0.1) is 12.6 Å². The molecule has 1 atom stereocenters. The fourth-order valence-electron chi connectivity index (χ4n) is 2.39. The van der Waals surface area contributed by atoms with Gasteiger partial charge in [-0.2, -0.15) is 0 Å². The van der Waals surface area contributed by atoms with Gasteiger partial charge in [-0.05, 0) is 19.8 Å². The molecule has 0 saturated carbocycles. The van der Waals surface area contributed by atoms with E-state index in [4.69, 9.17) is 5.73 Å². The van der Waals surface area contributed by atoms with Gasteiger partial charge in [0.2, 0.25) is 5.91 Å². The highest BCUT2D eigenvalue weighted by atomic mass is 16.2. The van der Waals surface area contributed by atoms with Crippen molar-refractivity contribution in [2.45, 2.75) is 25.8 Å². The number of rotatable bonds is 2. The lowest BCUT2D eigenvalue weighted by molar-refractivity contribution is -0.130. The van der Waals surface area contributed by atoms with Crippen molar-refractivity contribution in [2.75, 3.05) is 13.1 Å². The lowest BCUT2D eigenvalue weighted by Gasteiger charge is -2.24. The molecule has 1 aliphatic heterocycles. The number of carbonyl (C=O) groups excluding carboxylic acids is 1. The van der Waals surface area contributed by atoms with Crippen LogP contribution in [0, 0.1) is 6.92 Å². The molecule has 92 valence electrons. The van der Waals surface area contributed by atoms with Crippen molar-refractivity contribution in [3.05, 3.63) is 33.7 Å². The predicted octanol–water partition coefficient (Wildman–Crippen LogP) is 0.306. The Morgan fingerprint density at radius 3 is 3.00 bits per heavy atom. The van der Waals surface area contributed by atoms with Gasteiger partial charge in [-0.15, -0.1) is 0 Å². The molecule has 5 heteroatoms. The van der Waals surface area contributed by atoms with Crippen LogP contribution in [0.5, 0.6) is 0 Å². The highest BCUT2D eigenvalue weighted by Crippen LogP contribution is 2.30. The summed E-state index contributed by atoms with van der Waals surface area (Å²) in [6, 6.07) is 3.09. The topological polar surface area (TPSA) is 79.2 Å². The molecule has 1 amide bonds. The maximum atomic E-state index is 11.7. The van der Waals surface area contributed by atoms with Crippen LogP contribution in [0.4, 0.5) is 0 Å². The highest BCUT2D eigenvalue weighted by Gasteiger charge is 2.29. The summed E-state index contributed by atoms with van der Waals surface area (Å²) >= 11 is 0. The fraction of sp³-hybridized carbons (Fsp3) is 0.500. The molecule has 1 aromatic rings. The smallest absolute Gasteiger partial charge is 0.236 e. The average Bonchev–Trinajstić information content (AvgIpc) is 2.75. The van der Waals surface area contributed by atoms with Crippen molar-refractivity contribution >= 4 is 5.91 Å². The Hall–Kier alpha value is -1.62. The zero-order valence-corrected chi connectivity index (χ0v) is 9.90. The molecule has 3 N–H and O–H groups in total. The first-order valence-electron chi connectivity index (χ1n) is 5.82. The van der Waals surface area contributed by atoms with Crippen molar-refractivity contribution in [1.82, 2.24) is 9.88 Å². The number of nitrogens with one attached hydrogen (secondary N) is 1. The van der Waals surface area contributed by atoms with Crippen molar-refractivity contribution in [1.29, 1.82) is 0 Å². The minimum Gasteiger partial charge on any atom is -0.361 e. The second-order valence-corrected chi connectivity index (χ2v) is 4.40. The molecule has 0 unspecified atom stereocenters. The second kappa shape index (κ2) is 4.71. The van der Waals surface area contributed by atoms with E-state index < -0.39 is 0 Å². The van der Waals surface area contributed by atoms with E-state index in [1.165, 1.54) is 0 Å². The van der Waals surface area contributed by atoms with E-state index in [0.29, 0.717) is 0 Å². The van der Waals surface area contributed by atoms with Crippen LogP contribution in [0.25, 0.3) is 0 Å². The van der Waals surface area contributed by atoms with E-state index in [1.54, 1.807) is 17.0 Å². The van der Waals surface area contributed by atoms with Crippen LogP contribution in [-0.2, 0) is 4.79 Å². The largest absolute Gasteiger partial charge is 0.361 e. The number of H-pyrrole nitrogens is 1. The van der Waals surface area contributed by atoms with Gasteiger partial charge in [0, 0.05) is 30.1 Å². The monoisotopic (exact) mass is 235 g/mol. The van der Waals surface area contributed by atoms with E-state index >= 15 is 0 Å². The van der Waals surface area contributed by atoms with Crippen molar-refractivity contribution in [3.63, 3.8) is 0 Å². The molecular formula is C12H17N3O2. The summed E-state index contributed by atoms with van der Waals surface area (Å²) in [5.74, 6) is -0.0603. The Kier molecular flexibility index (Phi) is 3.28. The van der Waals surface area contributed by atoms with Crippen molar-refractivity contribution in [2.24, 2.45) is 5.73 Å². The van der Waals surface area contributed by atoms with Crippen LogP contribution in [0.15, 0.2) is 16.9 Å². The number of aromatic amines is 1. The Morgan fingerprint density at radius 1 is 1.59 bits per heavy atom. The normalized spacial score (nSPS) is 19.6. The number of likely N-dealkylation sites (tertiary alicyclic amines) is 1. The Labute approximate surface area is 99.6 Å². The third-order valence-electron chi connectivity index (χ3n) is 3.10. The summed E-state index contributed by atoms with van der Waals surface area (Å²) in [7, 11) is 0. The molecule has 0 radical (unpaired) electrons. The molecular weight excluding hydrogens is 218 g/mol. The number of nitrogens with two attached hydrogens (primary N) is 1. The van der Waals surface area contributed by atoms with E-state index in [1.807, 2.05) is 6.92 Å². The van der Waals surface area contributed by atoms with Gasteiger partial charge < -0.3 is 15.6 Å². The molecule has 5 nitrogen and oxygen atoms in total. The third kappa shape index (κ3) is 2.39. The molecule has 0 aromatic carbocycles. The van der Waals surface area contributed by atoms with E-state index in [9.17, 15) is 9.59 Å². The average molecular weight is 235 g/mol. The van der Waals surface area contributed by atoms with E-state index in [2.05, 4.69) is 4.98 Å². The maximum Gasteiger partial charge on any atom is 0.236 e. The van der Waals surface area contributed by atoms with Crippen LogP contribution in [0.2, 0.25) is 0 Å². The molecule has 0 bridgehead atoms. The molecule has 2 heterocycles. The number of carbonyl (C=O) groups is 1. The molecule has 0 spiro atoms. The Bertz CT molecular complexity index is 481. The number of aryl methyl sites for hydroxylation is 1. The van der Waals surface area contributed by atoms with Crippen molar-refractivity contribution < 1.29 is 4.79 Å². The van der Waals surface area contributed by atoms with Gasteiger partial charge in [-0.3, -0.25) is 9.59 Å². The molecule has 1 aromatic heterocycles. The number of aromatic nitrogens is 1. The molecule has 0 aliphatic carbocycles. The maximum absolute atomic E-state index is 11.7. The predicted molar refractivity (Wildman–Crippen MR) is 64.5 cm³/mol. The van der Waals surface area contributed by atoms with Gasteiger partial charge in [-0.1, -0.05) is 0 Å². The van der Waals surface area contributed by atoms with Gasteiger partial charge in [0.1, 0.15) is 0 Å². The summed E-state index contributed by atoms with van der Waals surface area (Å²) in [6.45, 7) is 2.58. The van der Waals surface area contributed by atoms with Crippen LogP contribution >= 0.6 is 0 Å². The van der Waals surface area contributed by atoms with Crippen LogP contribution in [0.3, 0.4) is 0 Å². The number of pyridine rings is 1. The summed E-state index contributed by atoms with van der Waals surface area (Å²) in [5.41, 5.74) is 7.00. The lowest BCUT2D eigenvalue weighted by atomic mass is 10.1. The van der Waals surface area contributed by atoms with Gasteiger partial charge in [0.25, 0.3) is 0 Å². The summed E-state index contributed by atoms with van der Waals surface area (Å²) < 4.78 is 0. The zero-order valence-electron chi connectivity index (χ0n) is 9.90. The Morgan fingerprint density at radius 2 is 2.35 bits per heavy atom. The molecule has 1 saturated heterocycles. The minimum absolute atomic E-state index is 0.0204. The standard InChI is InChI=1S/C12H17N3O2/c1-8-5-9(16)6-10(14-8)11-3-2-4-15(11)12(17)7-13/h5-6,11H,2-4,7,13H2,1H3,(H,14,16)/t11-/m0/s1. The summed E-state index contributed by atoms with van der Waals surface area (Å²) in [5, 5.41) is 0. The number of nitrogens with zero attached hydrogens (tertiary/aromatic N) is 1. The van der Waals surface area contributed by atoms with Gasteiger partial charge in [-0.25, -0.2) is 0 Å². The fourth-order valence-corrected chi connectivity index (χ4v) is 2.39. The molecule has 1 fully saturated rings. The number of hydrogen-bond donors (Lipinski definition) is 2. The van der Waals surface area contributed by atoms with Gasteiger partial charge in [0.15, 0.2) is 5.43 Å². The third-order valence-corrected chi connectivity index (χ3v) is 3.10. The highest BCUT2D eigenvalue weighted by molar-refractivity contribution is 5.78.